The Morgan fingerprint density at radius 2 is 2.17 bits per heavy atom. The van der Waals surface area contributed by atoms with Crippen LogP contribution in [0, 0.1) is 11.8 Å². The average molecular weight is 160 g/mol. The van der Waals surface area contributed by atoms with E-state index in [1.807, 2.05) is 38.2 Å². The SMILES string of the molecule is CC#CC(/C=C\C)=C/C=C/CC. The lowest BCUT2D eigenvalue weighted by Crippen LogP contribution is -1.69. The summed E-state index contributed by atoms with van der Waals surface area (Å²) in [6.07, 6.45) is 11.3. The molecule has 0 saturated heterocycles. The molecule has 64 valence electrons. The first-order valence-corrected chi connectivity index (χ1v) is 4.27. The molecule has 0 heteroatoms. The lowest BCUT2D eigenvalue weighted by molar-refractivity contribution is 1.22. The van der Waals surface area contributed by atoms with Crippen molar-refractivity contribution in [3.63, 3.8) is 0 Å². The van der Waals surface area contributed by atoms with Gasteiger partial charge in [0.1, 0.15) is 0 Å². The van der Waals surface area contributed by atoms with E-state index in [9.17, 15) is 0 Å². The van der Waals surface area contributed by atoms with E-state index in [1.54, 1.807) is 0 Å². The van der Waals surface area contributed by atoms with Crippen molar-refractivity contribution >= 4 is 0 Å². The van der Waals surface area contributed by atoms with E-state index >= 15 is 0 Å². The Bertz CT molecular complexity index is 241. The van der Waals surface area contributed by atoms with Crippen LogP contribution in [0.5, 0.6) is 0 Å². The Labute approximate surface area is 75.7 Å². The molecular weight excluding hydrogens is 144 g/mol. The third-order valence-corrected chi connectivity index (χ3v) is 1.26. The summed E-state index contributed by atoms with van der Waals surface area (Å²) in [7, 11) is 0. The maximum atomic E-state index is 3.02. The first-order chi connectivity index (χ1) is 5.85. The van der Waals surface area contributed by atoms with Crippen LogP contribution in [0.4, 0.5) is 0 Å². The van der Waals surface area contributed by atoms with E-state index in [4.69, 9.17) is 0 Å². The third-order valence-electron chi connectivity index (χ3n) is 1.26. The molecule has 0 radical (unpaired) electrons. The summed E-state index contributed by atoms with van der Waals surface area (Å²) in [6, 6.07) is 0. The molecule has 0 atom stereocenters. The van der Waals surface area contributed by atoms with Crippen LogP contribution in [0.15, 0.2) is 36.0 Å². The normalized spacial score (nSPS) is 12.1. The Morgan fingerprint density at radius 3 is 2.67 bits per heavy atom. The summed E-state index contributed by atoms with van der Waals surface area (Å²) >= 11 is 0. The van der Waals surface area contributed by atoms with Gasteiger partial charge in [-0.1, -0.05) is 37.1 Å². The van der Waals surface area contributed by atoms with Gasteiger partial charge in [-0.2, -0.15) is 0 Å². The molecule has 0 spiro atoms. The monoisotopic (exact) mass is 160 g/mol. The largest absolute Gasteiger partial charge is 0.101 e. The molecule has 0 aromatic heterocycles. The van der Waals surface area contributed by atoms with Crippen molar-refractivity contribution < 1.29 is 0 Å². The highest BCUT2D eigenvalue weighted by Crippen LogP contribution is 1.96. The van der Waals surface area contributed by atoms with Crippen LogP contribution < -0.4 is 0 Å². The van der Waals surface area contributed by atoms with E-state index in [1.165, 1.54) is 0 Å². The predicted molar refractivity (Wildman–Crippen MR) is 55.8 cm³/mol. The van der Waals surface area contributed by atoms with Gasteiger partial charge in [-0.25, -0.2) is 0 Å². The van der Waals surface area contributed by atoms with E-state index < -0.39 is 0 Å². The van der Waals surface area contributed by atoms with E-state index in [0.29, 0.717) is 0 Å². The minimum atomic E-state index is 1.06. The van der Waals surface area contributed by atoms with Crippen LogP contribution in [-0.2, 0) is 0 Å². The smallest absolute Gasteiger partial charge is 0.0241 e. The molecule has 0 aliphatic carbocycles. The lowest BCUT2D eigenvalue weighted by Gasteiger charge is -1.85. The second-order valence-electron chi connectivity index (χ2n) is 2.33. The second kappa shape index (κ2) is 7.88. The van der Waals surface area contributed by atoms with Gasteiger partial charge < -0.3 is 0 Å². The molecule has 0 aromatic rings. The number of hydrogen-bond donors (Lipinski definition) is 0. The highest BCUT2D eigenvalue weighted by Gasteiger charge is 1.79. The van der Waals surface area contributed by atoms with Gasteiger partial charge in [-0.05, 0) is 26.3 Å². The van der Waals surface area contributed by atoms with Crippen LogP contribution in [0.25, 0.3) is 0 Å². The van der Waals surface area contributed by atoms with Crippen molar-refractivity contribution in [1.82, 2.24) is 0 Å². The zero-order valence-corrected chi connectivity index (χ0v) is 8.09. The predicted octanol–water partition coefficient (Wildman–Crippen LogP) is 3.48. The van der Waals surface area contributed by atoms with E-state index in [0.717, 1.165) is 12.0 Å². The molecule has 0 nitrogen and oxygen atoms in total. The van der Waals surface area contributed by atoms with Crippen LogP contribution in [0.3, 0.4) is 0 Å². The molecular formula is C12H16. The summed E-state index contributed by atoms with van der Waals surface area (Å²) in [5.41, 5.74) is 1.06. The molecule has 12 heavy (non-hydrogen) atoms. The van der Waals surface area contributed by atoms with Crippen molar-refractivity contribution in [3.05, 3.63) is 36.0 Å². The molecule has 0 rings (SSSR count). The van der Waals surface area contributed by atoms with Gasteiger partial charge in [-0.3, -0.25) is 0 Å². The van der Waals surface area contributed by atoms with E-state index in [2.05, 4.69) is 24.8 Å². The number of allylic oxidation sites excluding steroid dienone is 6. The van der Waals surface area contributed by atoms with Crippen LogP contribution >= 0.6 is 0 Å². The Morgan fingerprint density at radius 1 is 1.42 bits per heavy atom. The van der Waals surface area contributed by atoms with Crippen molar-refractivity contribution in [2.24, 2.45) is 0 Å². The highest BCUT2D eigenvalue weighted by atomic mass is 13.8. The molecule has 0 bridgehead atoms. The summed E-state index contributed by atoms with van der Waals surface area (Å²) in [5.74, 6) is 5.89. The third kappa shape index (κ3) is 5.56. The summed E-state index contributed by atoms with van der Waals surface area (Å²) in [5, 5.41) is 0. The Balaban J connectivity index is 4.35. The van der Waals surface area contributed by atoms with Gasteiger partial charge >= 0.3 is 0 Å². The van der Waals surface area contributed by atoms with Gasteiger partial charge in [-0.15, -0.1) is 5.92 Å². The van der Waals surface area contributed by atoms with E-state index in [-0.39, 0.29) is 0 Å². The first-order valence-electron chi connectivity index (χ1n) is 4.27. The van der Waals surface area contributed by atoms with Gasteiger partial charge in [0.15, 0.2) is 0 Å². The molecule has 0 aromatic carbocycles. The molecule has 0 fully saturated rings. The Hall–Kier alpha value is -1.22. The van der Waals surface area contributed by atoms with Gasteiger partial charge in [0.05, 0.1) is 0 Å². The first kappa shape index (κ1) is 10.8. The maximum Gasteiger partial charge on any atom is 0.0241 e. The molecule has 0 unspecified atom stereocenters. The molecule has 0 amide bonds. The standard InChI is InChI=1S/C12H16/c1-4-7-8-11-12(9-5-2)10-6-3/h5,7-9,11H,4H2,1-3H3/b8-7+,9-5-,12-11+. The maximum absolute atomic E-state index is 3.02. The minimum Gasteiger partial charge on any atom is -0.101 e. The molecule has 0 heterocycles. The molecule has 0 saturated carbocycles. The summed E-state index contributed by atoms with van der Waals surface area (Å²) < 4.78 is 0. The quantitative estimate of drug-likeness (QED) is 0.438. The van der Waals surface area contributed by atoms with Gasteiger partial charge in [0, 0.05) is 5.57 Å². The molecule has 0 aliphatic heterocycles. The van der Waals surface area contributed by atoms with Gasteiger partial charge in [0.25, 0.3) is 0 Å². The summed E-state index contributed by atoms with van der Waals surface area (Å²) in [6.45, 7) is 5.96. The van der Waals surface area contributed by atoms with Crippen LogP contribution in [-0.4, -0.2) is 0 Å². The topological polar surface area (TPSA) is 0 Å². The fraction of sp³-hybridized carbons (Fsp3) is 0.333. The lowest BCUT2D eigenvalue weighted by atomic mass is 10.2. The average Bonchev–Trinajstić information content (AvgIpc) is 2.06. The van der Waals surface area contributed by atoms with Crippen molar-refractivity contribution in [2.75, 3.05) is 0 Å². The van der Waals surface area contributed by atoms with Crippen LogP contribution in [0.1, 0.15) is 27.2 Å². The van der Waals surface area contributed by atoms with Crippen molar-refractivity contribution in [1.29, 1.82) is 0 Å². The summed E-state index contributed by atoms with van der Waals surface area (Å²) in [4.78, 5) is 0. The number of hydrogen-bond acceptors (Lipinski definition) is 0. The fourth-order valence-corrected chi connectivity index (χ4v) is 0.771. The fourth-order valence-electron chi connectivity index (χ4n) is 0.771. The minimum absolute atomic E-state index is 1.06. The van der Waals surface area contributed by atoms with Crippen LogP contribution in [0.2, 0.25) is 0 Å². The second-order valence-corrected chi connectivity index (χ2v) is 2.33. The molecule has 0 aliphatic rings. The zero-order valence-electron chi connectivity index (χ0n) is 8.09. The van der Waals surface area contributed by atoms with Crippen molar-refractivity contribution in [2.45, 2.75) is 27.2 Å². The van der Waals surface area contributed by atoms with Gasteiger partial charge in [0.2, 0.25) is 0 Å². The Kier molecular flexibility index (Phi) is 7.08. The highest BCUT2D eigenvalue weighted by molar-refractivity contribution is 5.39. The van der Waals surface area contributed by atoms with Crippen molar-refractivity contribution in [3.8, 4) is 11.8 Å². The number of rotatable bonds is 3. The zero-order chi connectivity index (χ0) is 9.23. The molecule has 0 N–H and O–H groups in total.